The van der Waals surface area contributed by atoms with Gasteiger partial charge in [0.2, 0.25) is 0 Å². The fourth-order valence-electron chi connectivity index (χ4n) is 1.38. The Balaban J connectivity index is 1.89. The maximum atomic E-state index is 9.33. The van der Waals surface area contributed by atoms with Crippen molar-refractivity contribution in [3.63, 3.8) is 0 Å². The molecular formula is C13H12N4O2S. The molecule has 102 valence electrons. The van der Waals surface area contributed by atoms with Crippen molar-refractivity contribution in [1.29, 1.82) is 0 Å². The van der Waals surface area contributed by atoms with Crippen LogP contribution < -0.4 is 10.7 Å². The van der Waals surface area contributed by atoms with Crippen molar-refractivity contribution in [2.24, 2.45) is 5.10 Å². The van der Waals surface area contributed by atoms with Crippen LogP contribution >= 0.6 is 12.2 Å². The molecule has 7 heteroatoms. The number of thiocarbonyl (C=S) groups is 1. The SMILES string of the molecule is Oc1ccc(/C=N/NC(=S)Nc2cccnc2)cc1O. The van der Waals surface area contributed by atoms with Crippen molar-refractivity contribution >= 4 is 29.2 Å². The van der Waals surface area contributed by atoms with Crippen LogP contribution in [0.4, 0.5) is 5.69 Å². The Morgan fingerprint density at radius 3 is 2.80 bits per heavy atom. The molecule has 1 aromatic carbocycles. The Bertz CT molecular complexity index is 632. The molecule has 0 atom stereocenters. The molecule has 6 nitrogen and oxygen atoms in total. The number of hydrogen-bond donors (Lipinski definition) is 4. The van der Waals surface area contributed by atoms with Gasteiger partial charge in [0, 0.05) is 6.20 Å². The minimum atomic E-state index is -0.204. The van der Waals surface area contributed by atoms with Crippen LogP contribution in [0.15, 0.2) is 47.8 Å². The molecule has 0 unspecified atom stereocenters. The molecule has 1 heterocycles. The molecule has 0 aliphatic carbocycles. The number of anilines is 1. The summed E-state index contributed by atoms with van der Waals surface area (Å²) in [4.78, 5) is 3.94. The normalized spacial score (nSPS) is 10.4. The summed E-state index contributed by atoms with van der Waals surface area (Å²) in [7, 11) is 0. The van der Waals surface area contributed by atoms with Crippen LogP contribution in [-0.4, -0.2) is 26.5 Å². The number of aromatic nitrogens is 1. The molecule has 0 aliphatic heterocycles. The average molecular weight is 288 g/mol. The van der Waals surface area contributed by atoms with Gasteiger partial charge in [-0.25, -0.2) is 0 Å². The Morgan fingerprint density at radius 1 is 1.25 bits per heavy atom. The Kier molecular flexibility index (Phi) is 4.46. The van der Waals surface area contributed by atoms with E-state index in [9.17, 15) is 10.2 Å². The Labute approximate surface area is 120 Å². The van der Waals surface area contributed by atoms with E-state index in [0.717, 1.165) is 5.69 Å². The molecule has 0 bridgehead atoms. The molecule has 0 spiro atoms. The molecule has 0 fully saturated rings. The molecular weight excluding hydrogens is 276 g/mol. The first-order valence-corrected chi connectivity index (χ1v) is 6.08. The van der Waals surface area contributed by atoms with Gasteiger partial charge < -0.3 is 15.5 Å². The van der Waals surface area contributed by atoms with Gasteiger partial charge in [0.1, 0.15) is 0 Å². The molecule has 2 rings (SSSR count). The highest BCUT2D eigenvalue weighted by Gasteiger charge is 1.98. The highest BCUT2D eigenvalue weighted by atomic mass is 32.1. The molecule has 4 N–H and O–H groups in total. The minimum absolute atomic E-state index is 0.177. The van der Waals surface area contributed by atoms with Gasteiger partial charge in [-0.3, -0.25) is 10.4 Å². The smallest absolute Gasteiger partial charge is 0.191 e. The van der Waals surface area contributed by atoms with Gasteiger partial charge in [-0.2, -0.15) is 5.10 Å². The number of phenolic OH excluding ortho intramolecular Hbond substituents is 2. The lowest BCUT2D eigenvalue weighted by Crippen LogP contribution is -2.23. The topological polar surface area (TPSA) is 89.8 Å². The van der Waals surface area contributed by atoms with Crippen LogP contribution in [0, 0.1) is 0 Å². The minimum Gasteiger partial charge on any atom is -0.504 e. The van der Waals surface area contributed by atoms with Crippen molar-refractivity contribution in [2.45, 2.75) is 0 Å². The second-order valence-corrected chi connectivity index (χ2v) is 4.22. The van der Waals surface area contributed by atoms with Gasteiger partial charge in [0.15, 0.2) is 16.6 Å². The lowest BCUT2D eigenvalue weighted by Gasteiger charge is -2.05. The lowest BCUT2D eigenvalue weighted by molar-refractivity contribution is 0.403. The van der Waals surface area contributed by atoms with E-state index < -0.39 is 0 Å². The van der Waals surface area contributed by atoms with E-state index in [2.05, 4.69) is 20.8 Å². The van der Waals surface area contributed by atoms with E-state index in [4.69, 9.17) is 12.2 Å². The number of aromatic hydroxyl groups is 2. The molecule has 1 aromatic heterocycles. The lowest BCUT2D eigenvalue weighted by atomic mass is 10.2. The van der Waals surface area contributed by atoms with E-state index in [-0.39, 0.29) is 11.5 Å². The molecule has 2 aromatic rings. The number of hydrazone groups is 1. The summed E-state index contributed by atoms with van der Waals surface area (Å²) in [5, 5.41) is 25.6. The fourth-order valence-corrected chi connectivity index (χ4v) is 1.55. The predicted molar refractivity (Wildman–Crippen MR) is 81.0 cm³/mol. The predicted octanol–water partition coefficient (Wildman–Crippen LogP) is 1.81. The number of nitrogens with zero attached hydrogens (tertiary/aromatic N) is 2. The highest BCUT2D eigenvalue weighted by Crippen LogP contribution is 2.23. The third-order valence-corrected chi connectivity index (χ3v) is 2.49. The van der Waals surface area contributed by atoms with Crippen molar-refractivity contribution in [2.75, 3.05) is 5.32 Å². The van der Waals surface area contributed by atoms with Crippen LogP contribution in [0.3, 0.4) is 0 Å². The van der Waals surface area contributed by atoms with Gasteiger partial charge in [-0.15, -0.1) is 0 Å². The largest absolute Gasteiger partial charge is 0.504 e. The molecule has 20 heavy (non-hydrogen) atoms. The maximum absolute atomic E-state index is 9.33. The van der Waals surface area contributed by atoms with Crippen molar-refractivity contribution in [3.8, 4) is 11.5 Å². The second-order valence-electron chi connectivity index (χ2n) is 3.81. The quantitative estimate of drug-likeness (QED) is 0.298. The summed E-state index contributed by atoms with van der Waals surface area (Å²) in [5.74, 6) is -0.381. The van der Waals surface area contributed by atoms with Crippen LogP contribution in [-0.2, 0) is 0 Å². The first-order chi connectivity index (χ1) is 9.65. The summed E-state index contributed by atoms with van der Waals surface area (Å²) < 4.78 is 0. The standard InChI is InChI=1S/C13H12N4O2S/c18-11-4-3-9(6-12(11)19)7-15-17-13(20)16-10-2-1-5-14-8-10/h1-8,18-19H,(H2,16,17,20)/b15-7+. The molecule has 0 radical (unpaired) electrons. The molecule has 0 saturated carbocycles. The zero-order valence-corrected chi connectivity index (χ0v) is 11.1. The summed E-state index contributed by atoms with van der Waals surface area (Å²) in [6.45, 7) is 0. The van der Waals surface area contributed by atoms with Crippen molar-refractivity contribution in [3.05, 3.63) is 48.3 Å². The second kappa shape index (κ2) is 6.48. The third-order valence-electron chi connectivity index (χ3n) is 2.30. The third kappa shape index (κ3) is 3.92. The summed E-state index contributed by atoms with van der Waals surface area (Å²) >= 11 is 5.04. The fraction of sp³-hybridized carbons (Fsp3) is 0. The van der Waals surface area contributed by atoms with E-state index >= 15 is 0 Å². The van der Waals surface area contributed by atoms with Gasteiger partial charge >= 0.3 is 0 Å². The Hall–Kier alpha value is -2.67. The van der Waals surface area contributed by atoms with E-state index in [0.29, 0.717) is 10.7 Å². The van der Waals surface area contributed by atoms with E-state index in [1.54, 1.807) is 24.5 Å². The average Bonchev–Trinajstić information content (AvgIpc) is 2.44. The molecule has 0 aliphatic rings. The number of nitrogens with one attached hydrogen (secondary N) is 2. The zero-order valence-electron chi connectivity index (χ0n) is 10.3. The summed E-state index contributed by atoms with van der Waals surface area (Å²) in [5.41, 5.74) is 4.01. The van der Waals surface area contributed by atoms with Gasteiger partial charge in [-0.05, 0) is 48.1 Å². The molecule has 0 saturated heterocycles. The van der Waals surface area contributed by atoms with Crippen LogP contribution in [0.25, 0.3) is 0 Å². The summed E-state index contributed by atoms with van der Waals surface area (Å²) in [6.07, 6.45) is 4.77. The van der Waals surface area contributed by atoms with Crippen LogP contribution in [0.5, 0.6) is 11.5 Å². The number of benzene rings is 1. The van der Waals surface area contributed by atoms with Crippen molar-refractivity contribution < 1.29 is 10.2 Å². The Morgan fingerprint density at radius 2 is 2.10 bits per heavy atom. The number of pyridine rings is 1. The summed E-state index contributed by atoms with van der Waals surface area (Å²) in [6, 6.07) is 7.98. The first kappa shape index (κ1) is 13.8. The van der Waals surface area contributed by atoms with E-state index in [1.807, 2.05) is 6.07 Å². The highest BCUT2D eigenvalue weighted by molar-refractivity contribution is 7.80. The number of rotatable bonds is 3. The van der Waals surface area contributed by atoms with Crippen molar-refractivity contribution in [1.82, 2.24) is 10.4 Å². The van der Waals surface area contributed by atoms with Gasteiger partial charge in [0.25, 0.3) is 0 Å². The molecule has 0 amide bonds. The number of hydrogen-bond acceptors (Lipinski definition) is 5. The number of phenols is 2. The van der Waals surface area contributed by atoms with Crippen LogP contribution in [0.2, 0.25) is 0 Å². The maximum Gasteiger partial charge on any atom is 0.191 e. The van der Waals surface area contributed by atoms with Gasteiger partial charge in [0.05, 0.1) is 18.1 Å². The van der Waals surface area contributed by atoms with Gasteiger partial charge in [-0.1, -0.05) is 0 Å². The monoisotopic (exact) mass is 288 g/mol. The zero-order chi connectivity index (χ0) is 14.4. The van der Waals surface area contributed by atoms with Crippen LogP contribution in [0.1, 0.15) is 5.56 Å². The first-order valence-electron chi connectivity index (χ1n) is 5.67. The van der Waals surface area contributed by atoms with E-state index in [1.165, 1.54) is 18.3 Å².